The smallest absolute Gasteiger partial charge is 0.175 e. The van der Waals surface area contributed by atoms with E-state index in [-0.39, 0.29) is 11.7 Å². The zero-order valence-corrected chi connectivity index (χ0v) is 10.9. The molecule has 0 N–H and O–H groups in total. The van der Waals surface area contributed by atoms with E-state index in [9.17, 15) is 4.79 Å². The molecular weight excluding hydrogens is 212 g/mol. The first-order valence-electron chi connectivity index (χ1n) is 6.65. The van der Waals surface area contributed by atoms with Crippen LogP contribution in [0.4, 0.5) is 0 Å². The molecule has 1 unspecified atom stereocenters. The van der Waals surface area contributed by atoms with Gasteiger partial charge in [-0.3, -0.25) is 4.79 Å². The highest BCUT2D eigenvalue weighted by Crippen LogP contribution is 2.35. The van der Waals surface area contributed by atoms with Crippen LogP contribution in [0.25, 0.3) is 0 Å². The van der Waals surface area contributed by atoms with Crippen molar-refractivity contribution in [3.63, 3.8) is 0 Å². The van der Waals surface area contributed by atoms with Gasteiger partial charge in [-0.05, 0) is 37.8 Å². The van der Waals surface area contributed by atoms with Gasteiger partial charge in [-0.15, -0.1) is 0 Å². The fourth-order valence-electron chi connectivity index (χ4n) is 3.04. The molecule has 2 aliphatic carbocycles. The molecule has 94 valence electrons. The lowest BCUT2D eigenvalue weighted by Gasteiger charge is -2.35. The first-order valence-corrected chi connectivity index (χ1v) is 6.65. The van der Waals surface area contributed by atoms with Crippen LogP contribution in [0.1, 0.15) is 45.4 Å². The summed E-state index contributed by atoms with van der Waals surface area (Å²) >= 11 is 0. The lowest BCUT2D eigenvalue weighted by Crippen LogP contribution is -2.45. The van der Waals surface area contributed by atoms with Crippen LogP contribution in [0.3, 0.4) is 0 Å². The van der Waals surface area contributed by atoms with Crippen molar-refractivity contribution in [1.82, 2.24) is 0 Å². The van der Waals surface area contributed by atoms with Crippen molar-refractivity contribution in [2.45, 2.75) is 51.0 Å². The van der Waals surface area contributed by atoms with Crippen LogP contribution >= 0.6 is 0 Å². The summed E-state index contributed by atoms with van der Waals surface area (Å²) in [5, 5.41) is 0. The molecule has 1 atom stereocenters. The van der Waals surface area contributed by atoms with Gasteiger partial charge in [0, 0.05) is 13.0 Å². The average molecular weight is 234 g/mol. The van der Waals surface area contributed by atoms with Crippen molar-refractivity contribution in [2.75, 3.05) is 7.11 Å². The van der Waals surface area contributed by atoms with Crippen LogP contribution in [0.2, 0.25) is 0 Å². The molecule has 1 fully saturated rings. The molecule has 0 saturated heterocycles. The second-order valence-electron chi connectivity index (χ2n) is 5.16. The van der Waals surface area contributed by atoms with Crippen molar-refractivity contribution in [2.24, 2.45) is 5.92 Å². The Labute approximate surface area is 104 Å². The van der Waals surface area contributed by atoms with Crippen molar-refractivity contribution in [3.8, 4) is 0 Å². The van der Waals surface area contributed by atoms with Gasteiger partial charge in [0.2, 0.25) is 0 Å². The summed E-state index contributed by atoms with van der Waals surface area (Å²) in [5.41, 5.74) is 0.290. The van der Waals surface area contributed by atoms with Gasteiger partial charge >= 0.3 is 0 Å². The van der Waals surface area contributed by atoms with Gasteiger partial charge in [0.05, 0.1) is 0 Å². The Balaban J connectivity index is 2.22. The minimum absolute atomic E-state index is 0.190. The molecule has 0 spiro atoms. The molecule has 0 bridgehead atoms. The van der Waals surface area contributed by atoms with E-state index >= 15 is 0 Å². The zero-order valence-electron chi connectivity index (χ0n) is 10.9. The monoisotopic (exact) mass is 234 g/mol. The minimum atomic E-state index is -0.764. The predicted molar refractivity (Wildman–Crippen MR) is 68.8 cm³/mol. The largest absolute Gasteiger partial charge is 0.362 e. The SMILES string of the molecule is COC1(C(=O)C2CCCCC2)C=CCC=C1C. The number of Topliss-reactive ketones (excluding diaryl/α,β-unsaturated/α-hetero) is 1. The standard InChI is InChI=1S/C15H22O2/c1-12-8-6-7-11-15(12,17-2)14(16)13-9-4-3-5-10-13/h7-8,11,13H,3-6,9-10H2,1-2H3. The molecule has 0 aromatic carbocycles. The van der Waals surface area contributed by atoms with E-state index < -0.39 is 5.60 Å². The van der Waals surface area contributed by atoms with Crippen LogP contribution in [-0.2, 0) is 9.53 Å². The van der Waals surface area contributed by atoms with Crippen molar-refractivity contribution in [1.29, 1.82) is 0 Å². The van der Waals surface area contributed by atoms with Crippen LogP contribution < -0.4 is 0 Å². The number of carbonyl (C=O) groups is 1. The average Bonchev–Trinajstić information content (AvgIpc) is 2.40. The van der Waals surface area contributed by atoms with E-state index in [2.05, 4.69) is 6.08 Å². The second-order valence-corrected chi connectivity index (χ2v) is 5.16. The van der Waals surface area contributed by atoms with Gasteiger partial charge in [0.1, 0.15) is 0 Å². The van der Waals surface area contributed by atoms with Crippen LogP contribution in [-0.4, -0.2) is 18.5 Å². The van der Waals surface area contributed by atoms with Gasteiger partial charge < -0.3 is 4.74 Å². The molecule has 0 heterocycles. The topological polar surface area (TPSA) is 26.3 Å². The summed E-state index contributed by atoms with van der Waals surface area (Å²) < 4.78 is 5.60. The number of ether oxygens (including phenoxy) is 1. The van der Waals surface area contributed by atoms with Gasteiger partial charge in [-0.1, -0.05) is 31.4 Å². The third kappa shape index (κ3) is 2.23. The second kappa shape index (κ2) is 5.18. The van der Waals surface area contributed by atoms with Gasteiger partial charge in [-0.25, -0.2) is 0 Å². The highest BCUT2D eigenvalue weighted by atomic mass is 16.5. The van der Waals surface area contributed by atoms with Crippen LogP contribution in [0.5, 0.6) is 0 Å². The molecule has 0 aliphatic heterocycles. The van der Waals surface area contributed by atoms with Crippen molar-refractivity contribution in [3.05, 3.63) is 23.8 Å². The highest BCUT2D eigenvalue weighted by Gasteiger charge is 2.42. The molecule has 17 heavy (non-hydrogen) atoms. The quantitative estimate of drug-likeness (QED) is 0.699. The first kappa shape index (κ1) is 12.6. The minimum Gasteiger partial charge on any atom is -0.362 e. The van der Waals surface area contributed by atoms with E-state index in [0.717, 1.165) is 24.8 Å². The van der Waals surface area contributed by atoms with Crippen LogP contribution in [0, 0.1) is 5.92 Å². The number of hydrogen-bond donors (Lipinski definition) is 0. The lowest BCUT2D eigenvalue weighted by molar-refractivity contribution is -0.137. The summed E-state index contributed by atoms with van der Waals surface area (Å²) in [6.45, 7) is 2.01. The number of rotatable bonds is 3. The predicted octanol–water partition coefficient (Wildman–Crippen LogP) is 3.43. The summed E-state index contributed by atoms with van der Waals surface area (Å²) in [4.78, 5) is 12.7. The van der Waals surface area contributed by atoms with E-state index in [4.69, 9.17) is 4.74 Å². The molecule has 2 aliphatic rings. The Morgan fingerprint density at radius 1 is 1.35 bits per heavy atom. The molecular formula is C15H22O2. The molecule has 0 amide bonds. The molecule has 1 saturated carbocycles. The summed E-state index contributed by atoms with van der Waals surface area (Å²) in [7, 11) is 1.65. The molecule has 2 heteroatoms. The number of methoxy groups -OCH3 is 1. The Morgan fingerprint density at radius 2 is 2.06 bits per heavy atom. The highest BCUT2D eigenvalue weighted by molar-refractivity contribution is 5.95. The van der Waals surface area contributed by atoms with E-state index in [1.165, 1.54) is 19.3 Å². The Morgan fingerprint density at radius 3 is 2.65 bits per heavy atom. The van der Waals surface area contributed by atoms with Gasteiger partial charge in [0.15, 0.2) is 11.4 Å². The first-order chi connectivity index (χ1) is 8.20. The Kier molecular flexibility index (Phi) is 3.82. The molecule has 0 radical (unpaired) electrons. The Hall–Kier alpha value is -0.890. The van der Waals surface area contributed by atoms with Crippen LogP contribution in [0.15, 0.2) is 23.8 Å². The fraction of sp³-hybridized carbons (Fsp3) is 0.667. The van der Waals surface area contributed by atoms with Gasteiger partial charge in [0.25, 0.3) is 0 Å². The third-order valence-electron chi connectivity index (χ3n) is 4.16. The van der Waals surface area contributed by atoms with Crippen molar-refractivity contribution < 1.29 is 9.53 Å². The number of hydrogen-bond acceptors (Lipinski definition) is 2. The normalized spacial score (nSPS) is 30.1. The summed E-state index contributed by atoms with van der Waals surface area (Å²) in [6.07, 6.45) is 12.7. The molecule has 2 rings (SSSR count). The number of carbonyl (C=O) groups excluding carboxylic acids is 1. The lowest BCUT2D eigenvalue weighted by atomic mass is 9.75. The zero-order chi connectivity index (χ0) is 12.3. The maximum Gasteiger partial charge on any atom is 0.175 e. The maximum absolute atomic E-state index is 12.7. The van der Waals surface area contributed by atoms with E-state index in [1.807, 2.05) is 19.1 Å². The summed E-state index contributed by atoms with van der Waals surface area (Å²) in [5.74, 6) is 0.458. The molecule has 2 nitrogen and oxygen atoms in total. The Bertz CT molecular complexity index is 348. The molecule has 0 aromatic heterocycles. The third-order valence-corrected chi connectivity index (χ3v) is 4.16. The van der Waals surface area contributed by atoms with Crippen molar-refractivity contribution >= 4 is 5.78 Å². The van der Waals surface area contributed by atoms with Gasteiger partial charge in [-0.2, -0.15) is 0 Å². The van der Waals surface area contributed by atoms with E-state index in [1.54, 1.807) is 7.11 Å². The number of ketones is 1. The number of allylic oxidation sites excluding steroid dienone is 2. The maximum atomic E-state index is 12.7. The molecule has 0 aromatic rings. The summed E-state index contributed by atoms with van der Waals surface area (Å²) in [6, 6.07) is 0. The fourth-order valence-corrected chi connectivity index (χ4v) is 3.04. The van der Waals surface area contributed by atoms with E-state index in [0.29, 0.717) is 0 Å².